The van der Waals surface area contributed by atoms with Crippen LogP contribution in [0.15, 0.2) is 91.1 Å². The van der Waals surface area contributed by atoms with Crippen LogP contribution in [0.3, 0.4) is 0 Å². The number of hydrogen-bond donors (Lipinski definition) is 1. The average molecular weight is 393 g/mol. The summed E-state index contributed by atoms with van der Waals surface area (Å²) < 4.78 is 0. The number of rotatable bonds is 5. The number of aldehydes is 1. The highest BCUT2D eigenvalue weighted by atomic mass is 16.1. The maximum atomic E-state index is 10.9. The van der Waals surface area contributed by atoms with Gasteiger partial charge in [0, 0.05) is 28.7 Å². The van der Waals surface area contributed by atoms with Gasteiger partial charge in [0.2, 0.25) is 0 Å². The lowest BCUT2D eigenvalue weighted by Crippen LogP contribution is -2.32. The van der Waals surface area contributed by atoms with Crippen LogP contribution >= 0.6 is 0 Å². The molecule has 1 unspecified atom stereocenters. The van der Waals surface area contributed by atoms with Crippen LogP contribution in [0.1, 0.15) is 38.8 Å². The smallest absolute Gasteiger partial charge is 0.150 e. The first-order valence-corrected chi connectivity index (χ1v) is 10.4. The van der Waals surface area contributed by atoms with Gasteiger partial charge in [0.25, 0.3) is 0 Å². The first kappa shape index (κ1) is 18.4. The summed E-state index contributed by atoms with van der Waals surface area (Å²) in [7, 11) is 0. The third-order valence-electron chi connectivity index (χ3n) is 5.95. The van der Waals surface area contributed by atoms with Gasteiger partial charge in [-0.25, -0.2) is 0 Å². The molecule has 0 bridgehead atoms. The summed E-state index contributed by atoms with van der Waals surface area (Å²) in [5.74, 6) is 0. The van der Waals surface area contributed by atoms with E-state index in [0.717, 1.165) is 25.7 Å². The molecule has 0 saturated carbocycles. The van der Waals surface area contributed by atoms with Crippen LogP contribution in [0, 0.1) is 0 Å². The van der Waals surface area contributed by atoms with E-state index in [4.69, 9.17) is 0 Å². The zero-order valence-electron chi connectivity index (χ0n) is 16.8. The highest BCUT2D eigenvalue weighted by Crippen LogP contribution is 2.38. The molecule has 1 aliphatic heterocycles. The molecule has 1 aliphatic rings. The zero-order valence-corrected chi connectivity index (χ0v) is 16.8. The molecule has 0 amide bonds. The Balaban J connectivity index is 1.47. The minimum atomic E-state index is 0.177. The Morgan fingerprint density at radius 1 is 0.933 bits per heavy atom. The molecule has 5 rings (SSSR count). The number of allylic oxidation sites excluding steroid dienone is 1. The second-order valence-electron chi connectivity index (χ2n) is 7.81. The summed E-state index contributed by atoms with van der Waals surface area (Å²) in [6.07, 6.45) is 7.22. The van der Waals surface area contributed by atoms with Crippen LogP contribution < -0.4 is 0 Å². The van der Waals surface area contributed by atoms with Crippen molar-refractivity contribution in [2.24, 2.45) is 0 Å². The Morgan fingerprint density at radius 3 is 2.50 bits per heavy atom. The second kappa shape index (κ2) is 8.03. The Bertz CT molecular complexity index is 1190. The van der Waals surface area contributed by atoms with Crippen LogP contribution in [0.4, 0.5) is 0 Å². The molecule has 3 nitrogen and oxygen atoms in total. The number of fused-ring (bicyclic) bond motifs is 3. The van der Waals surface area contributed by atoms with E-state index in [-0.39, 0.29) is 6.04 Å². The monoisotopic (exact) mass is 392 g/mol. The number of H-pyrrole nitrogens is 1. The van der Waals surface area contributed by atoms with Gasteiger partial charge in [-0.3, -0.25) is 4.79 Å². The van der Waals surface area contributed by atoms with Gasteiger partial charge in [-0.1, -0.05) is 78.9 Å². The largest absolute Gasteiger partial charge is 0.365 e. The highest BCUT2D eigenvalue weighted by molar-refractivity contribution is 5.85. The number of carbonyl (C=O) groups is 1. The van der Waals surface area contributed by atoms with E-state index in [1.54, 1.807) is 0 Å². The summed E-state index contributed by atoms with van der Waals surface area (Å²) in [6.45, 7) is 0.981. The molecular weight excluding hydrogens is 368 g/mol. The van der Waals surface area contributed by atoms with Crippen molar-refractivity contribution >= 4 is 17.2 Å². The topological polar surface area (TPSA) is 36.1 Å². The normalized spacial score (nSPS) is 16.1. The molecule has 3 heteroatoms. The van der Waals surface area contributed by atoms with Crippen LogP contribution in [-0.4, -0.2) is 22.7 Å². The minimum Gasteiger partial charge on any atom is -0.365 e. The van der Waals surface area contributed by atoms with E-state index < -0.39 is 0 Å². The number of hydrogen-bond acceptors (Lipinski definition) is 2. The van der Waals surface area contributed by atoms with Crippen molar-refractivity contribution in [3.05, 3.63) is 119 Å². The number of carbonyl (C=O) groups excluding carboxylic acids is 1. The molecule has 0 fully saturated rings. The third kappa shape index (κ3) is 3.43. The van der Waals surface area contributed by atoms with Gasteiger partial charge in [0.15, 0.2) is 0 Å². The summed E-state index contributed by atoms with van der Waals surface area (Å²) >= 11 is 0. The van der Waals surface area contributed by atoms with Gasteiger partial charge in [-0.05, 0) is 41.8 Å². The summed E-state index contributed by atoms with van der Waals surface area (Å²) in [5.41, 5.74) is 7.17. The Hall–Kier alpha value is -3.59. The first-order chi connectivity index (χ1) is 14.8. The number of benzene rings is 3. The van der Waals surface area contributed by atoms with Crippen molar-refractivity contribution in [1.82, 2.24) is 9.88 Å². The van der Waals surface area contributed by atoms with E-state index in [1.807, 2.05) is 24.3 Å². The van der Waals surface area contributed by atoms with E-state index in [0.29, 0.717) is 5.56 Å². The van der Waals surface area contributed by atoms with Crippen LogP contribution in [0.5, 0.6) is 0 Å². The van der Waals surface area contributed by atoms with Crippen LogP contribution in [-0.2, 0) is 12.8 Å². The molecule has 4 aromatic rings. The molecule has 3 aromatic carbocycles. The molecule has 1 aromatic heterocycles. The predicted octanol–water partition coefficient (Wildman–Crippen LogP) is 5.68. The minimum absolute atomic E-state index is 0.177. The molecule has 0 saturated heterocycles. The summed E-state index contributed by atoms with van der Waals surface area (Å²) in [4.78, 5) is 17.0. The van der Waals surface area contributed by atoms with Crippen molar-refractivity contribution in [1.29, 1.82) is 0 Å². The molecule has 148 valence electrons. The maximum Gasteiger partial charge on any atom is 0.150 e. The molecule has 2 heterocycles. The maximum absolute atomic E-state index is 10.9. The molecule has 30 heavy (non-hydrogen) atoms. The van der Waals surface area contributed by atoms with Gasteiger partial charge in [-0.15, -0.1) is 0 Å². The lowest BCUT2D eigenvalue weighted by molar-refractivity contribution is 0.112. The first-order valence-electron chi connectivity index (χ1n) is 10.4. The quantitative estimate of drug-likeness (QED) is 0.443. The number of aromatic amines is 1. The number of aromatic nitrogens is 1. The average Bonchev–Trinajstić information content (AvgIpc) is 3.18. The summed E-state index contributed by atoms with van der Waals surface area (Å²) in [6, 6.07) is 27.3. The number of nitrogens with zero attached hydrogens (tertiary/aromatic N) is 1. The Kier molecular flexibility index (Phi) is 4.94. The fourth-order valence-corrected chi connectivity index (χ4v) is 4.47. The van der Waals surface area contributed by atoms with Crippen molar-refractivity contribution in [3.63, 3.8) is 0 Å². The van der Waals surface area contributed by atoms with Crippen LogP contribution in [0.2, 0.25) is 0 Å². The summed E-state index contributed by atoms with van der Waals surface area (Å²) in [5, 5.41) is 1.34. The third-order valence-corrected chi connectivity index (χ3v) is 5.95. The molecule has 1 N–H and O–H groups in total. The molecular formula is C27H24N2O. The van der Waals surface area contributed by atoms with E-state index in [1.165, 1.54) is 33.3 Å². The van der Waals surface area contributed by atoms with Gasteiger partial charge in [0.05, 0.1) is 6.04 Å². The van der Waals surface area contributed by atoms with Crippen LogP contribution in [0.25, 0.3) is 10.9 Å². The molecule has 0 spiro atoms. The van der Waals surface area contributed by atoms with E-state index in [2.05, 4.69) is 76.8 Å². The van der Waals surface area contributed by atoms with E-state index >= 15 is 0 Å². The van der Waals surface area contributed by atoms with Crippen molar-refractivity contribution in [2.45, 2.75) is 18.9 Å². The lowest BCUT2D eigenvalue weighted by Gasteiger charge is -2.35. The van der Waals surface area contributed by atoms with Crippen molar-refractivity contribution < 1.29 is 4.79 Å². The molecule has 0 aliphatic carbocycles. The Labute approximate surface area is 176 Å². The fraction of sp³-hybridized carbons (Fsp3) is 0.148. The number of nitrogens with one attached hydrogen (secondary N) is 1. The van der Waals surface area contributed by atoms with Gasteiger partial charge in [-0.2, -0.15) is 0 Å². The SMILES string of the molecule is O=Cc1ccc(C/C=C/N2CCc3c([nH]c4ccccc34)C2c2ccccc2)cc1. The number of para-hydroxylation sites is 1. The van der Waals surface area contributed by atoms with Gasteiger partial charge >= 0.3 is 0 Å². The molecule has 0 radical (unpaired) electrons. The standard InChI is InChI=1S/C27H24N2O/c30-19-21-14-12-20(13-15-21)7-6-17-29-18-16-24-23-10-4-5-11-25(23)28-26(24)27(29)22-8-2-1-3-9-22/h1-6,8-15,17,19,27-28H,7,16,18H2/b17-6+. The van der Waals surface area contributed by atoms with Crippen molar-refractivity contribution in [3.8, 4) is 0 Å². The molecule has 1 atom stereocenters. The second-order valence-corrected chi connectivity index (χ2v) is 7.81. The van der Waals surface area contributed by atoms with Gasteiger partial charge < -0.3 is 9.88 Å². The predicted molar refractivity (Wildman–Crippen MR) is 122 cm³/mol. The lowest BCUT2D eigenvalue weighted by atomic mass is 9.92. The van der Waals surface area contributed by atoms with E-state index in [9.17, 15) is 4.79 Å². The highest BCUT2D eigenvalue weighted by Gasteiger charge is 2.29. The van der Waals surface area contributed by atoms with Crippen molar-refractivity contribution in [2.75, 3.05) is 6.54 Å². The fourth-order valence-electron chi connectivity index (χ4n) is 4.47. The zero-order chi connectivity index (χ0) is 20.3. The van der Waals surface area contributed by atoms with Gasteiger partial charge in [0.1, 0.15) is 6.29 Å². The Morgan fingerprint density at radius 2 is 1.70 bits per heavy atom.